The van der Waals surface area contributed by atoms with Crippen LogP contribution in [0.25, 0.3) is 0 Å². The van der Waals surface area contributed by atoms with Crippen LogP contribution in [0.5, 0.6) is 0 Å². The smallest absolute Gasteiger partial charge is 0.324 e. The van der Waals surface area contributed by atoms with E-state index in [2.05, 4.69) is 5.16 Å². The third-order valence-corrected chi connectivity index (χ3v) is 3.21. The minimum Gasteiger partial charge on any atom is -0.427 e. The molecule has 3 rings (SSSR count). The minimum atomic E-state index is -0.0565. The van der Waals surface area contributed by atoms with Crippen molar-refractivity contribution in [2.45, 2.75) is 19.9 Å². The van der Waals surface area contributed by atoms with Crippen LogP contribution >= 0.6 is 0 Å². The first-order valence-electron chi connectivity index (χ1n) is 5.91. The molecule has 0 saturated carbocycles. The van der Waals surface area contributed by atoms with Crippen LogP contribution < -0.4 is 5.46 Å². The Kier molecular flexibility index (Phi) is 2.76. The monoisotopic (exact) mass is 241 g/mol. The molecule has 5 heteroatoms. The average molecular weight is 241 g/mol. The van der Waals surface area contributed by atoms with Gasteiger partial charge in [-0.05, 0) is 16.6 Å². The van der Waals surface area contributed by atoms with Crippen molar-refractivity contribution in [1.29, 1.82) is 0 Å². The summed E-state index contributed by atoms with van der Waals surface area (Å²) in [5.41, 5.74) is 3.36. The molecule has 0 spiro atoms. The first-order valence-corrected chi connectivity index (χ1v) is 5.91. The fourth-order valence-electron chi connectivity index (χ4n) is 2.20. The van der Waals surface area contributed by atoms with E-state index >= 15 is 0 Å². The summed E-state index contributed by atoms with van der Waals surface area (Å²) in [6.45, 7) is 2.79. The number of carbonyl (C=O) groups excluding carboxylic acids is 1. The van der Waals surface area contributed by atoms with Gasteiger partial charge in [0.25, 0.3) is 0 Å². The second-order valence-electron chi connectivity index (χ2n) is 4.46. The molecule has 0 fully saturated rings. The maximum Gasteiger partial charge on any atom is 0.324 e. The number of hydrogen-bond donors (Lipinski definition) is 0. The summed E-state index contributed by atoms with van der Waals surface area (Å²) in [7, 11) is 0. The Morgan fingerprint density at radius 3 is 3.11 bits per heavy atom. The zero-order valence-electron chi connectivity index (χ0n) is 10.1. The van der Waals surface area contributed by atoms with Gasteiger partial charge in [0.15, 0.2) is 0 Å². The number of rotatable bonds is 3. The number of hydrogen-bond acceptors (Lipinski definition) is 4. The lowest BCUT2D eigenvalue weighted by atomic mass is 9.64. The lowest BCUT2D eigenvalue weighted by Crippen LogP contribution is -2.24. The molecular weight excluding hydrogens is 229 g/mol. The Labute approximate surface area is 105 Å². The fraction of sp³-hybridized carbons (Fsp3) is 0.231. The third kappa shape index (κ3) is 1.97. The lowest BCUT2D eigenvalue weighted by molar-refractivity contribution is 0.0957. The topological polar surface area (TPSA) is 52.3 Å². The zero-order chi connectivity index (χ0) is 12.5. The van der Waals surface area contributed by atoms with Gasteiger partial charge < -0.3 is 9.18 Å². The maximum atomic E-state index is 11.9. The Bertz CT molecular complexity index is 580. The molecule has 0 bridgehead atoms. The zero-order valence-corrected chi connectivity index (χ0v) is 10.1. The molecule has 2 heterocycles. The molecule has 4 nitrogen and oxygen atoms in total. The van der Waals surface area contributed by atoms with Crippen molar-refractivity contribution >= 4 is 18.2 Å². The summed E-state index contributed by atoms with van der Waals surface area (Å²) in [5.74, 6) is 0.249. The Balaban J connectivity index is 1.82. The molecule has 1 aromatic carbocycles. The van der Waals surface area contributed by atoms with Crippen LogP contribution in [0.1, 0.15) is 21.7 Å². The molecule has 0 atom stereocenters. The second-order valence-corrected chi connectivity index (χ2v) is 4.46. The van der Waals surface area contributed by atoms with E-state index in [-0.39, 0.29) is 12.7 Å². The third-order valence-electron chi connectivity index (χ3n) is 3.21. The standard InChI is InChI=1S/C13H12BNO3/c1-14-11-6-9(2-3-10(11)8-17-14)7-12(16)13-4-5-15-18-13/h2-6H,7-8H2,1H3. The highest BCUT2D eigenvalue weighted by Gasteiger charge is 2.23. The largest absolute Gasteiger partial charge is 0.427 e. The van der Waals surface area contributed by atoms with Crippen LogP contribution in [0.4, 0.5) is 0 Å². The first-order chi connectivity index (χ1) is 8.74. The van der Waals surface area contributed by atoms with Crippen molar-refractivity contribution in [3.63, 3.8) is 0 Å². The van der Waals surface area contributed by atoms with Gasteiger partial charge in [-0.3, -0.25) is 4.79 Å². The summed E-state index contributed by atoms with van der Waals surface area (Å²) in [6, 6.07) is 7.62. The average Bonchev–Trinajstić information content (AvgIpc) is 3.00. The summed E-state index contributed by atoms with van der Waals surface area (Å²) in [4.78, 5) is 11.9. The molecule has 0 N–H and O–H groups in total. The molecule has 1 aliphatic rings. The molecule has 1 aliphatic heterocycles. The number of nitrogens with zero attached hydrogens (tertiary/aromatic N) is 1. The van der Waals surface area contributed by atoms with Crippen LogP contribution in [-0.2, 0) is 17.7 Å². The molecular formula is C13H12BNO3. The number of ketones is 1. The number of fused-ring (bicyclic) bond motifs is 1. The van der Waals surface area contributed by atoms with Crippen molar-refractivity contribution in [3.05, 3.63) is 47.3 Å². The van der Waals surface area contributed by atoms with E-state index in [1.807, 2.05) is 25.0 Å². The van der Waals surface area contributed by atoms with Gasteiger partial charge in [0, 0.05) is 12.5 Å². The van der Waals surface area contributed by atoms with E-state index < -0.39 is 0 Å². The normalized spacial score (nSPS) is 13.7. The van der Waals surface area contributed by atoms with E-state index in [9.17, 15) is 4.79 Å². The number of aromatic nitrogens is 1. The van der Waals surface area contributed by atoms with Gasteiger partial charge in [0.1, 0.15) is 0 Å². The van der Waals surface area contributed by atoms with E-state index in [0.717, 1.165) is 5.56 Å². The number of Topliss-reactive ketones (excluding diaryl/α,β-unsaturated/α-hetero) is 1. The van der Waals surface area contributed by atoms with Crippen LogP contribution in [0.15, 0.2) is 35.0 Å². The molecule has 18 heavy (non-hydrogen) atoms. The number of carbonyl (C=O) groups is 1. The highest BCUT2D eigenvalue weighted by atomic mass is 16.5. The summed E-state index contributed by atoms with van der Waals surface area (Å²) in [5, 5.41) is 3.54. The van der Waals surface area contributed by atoms with Gasteiger partial charge in [0.05, 0.1) is 12.8 Å². The highest BCUT2D eigenvalue weighted by molar-refractivity contribution is 6.67. The Hall–Kier alpha value is -1.88. The second kappa shape index (κ2) is 4.42. The van der Waals surface area contributed by atoms with Crippen molar-refractivity contribution in [3.8, 4) is 0 Å². The van der Waals surface area contributed by atoms with Gasteiger partial charge >= 0.3 is 6.92 Å². The minimum absolute atomic E-state index is 0.0565. The quantitative estimate of drug-likeness (QED) is 0.603. The Morgan fingerprint density at radius 1 is 1.44 bits per heavy atom. The highest BCUT2D eigenvalue weighted by Crippen LogP contribution is 2.14. The predicted molar refractivity (Wildman–Crippen MR) is 67.0 cm³/mol. The van der Waals surface area contributed by atoms with Crippen molar-refractivity contribution < 1.29 is 14.0 Å². The molecule has 0 unspecified atom stereocenters. The van der Waals surface area contributed by atoms with Crippen molar-refractivity contribution in [1.82, 2.24) is 5.16 Å². The summed E-state index contributed by atoms with van der Waals surface area (Å²) in [6.07, 6.45) is 1.81. The molecule has 2 aromatic rings. The van der Waals surface area contributed by atoms with E-state index in [1.54, 1.807) is 6.07 Å². The van der Waals surface area contributed by atoms with Crippen LogP contribution in [0, 0.1) is 0 Å². The van der Waals surface area contributed by atoms with Gasteiger partial charge in [-0.1, -0.05) is 30.2 Å². The maximum absolute atomic E-state index is 11.9. The predicted octanol–water partition coefficient (Wildman–Crippen LogP) is 1.46. The summed E-state index contributed by atoms with van der Waals surface area (Å²) >= 11 is 0. The van der Waals surface area contributed by atoms with Gasteiger partial charge in [-0.15, -0.1) is 0 Å². The van der Waals surface area contributed by atoms with Crippen LogP contribution in [-0.4, -0.2) is 17.9 Å². The first kappa shape index (κ1) is 11.2. The van der Waals surface area contributed by atoms with Crippen molar-refractivity contribution in [2.75, 3.05) is 0 Å². The van der Waals surface area contributed by atoms with E-state index in [4.69, 9.17) is 9.18 Å². The van der Waals surface area contributed by atoms with E-state index in [1.165, 1.54) is 17.2 Å². The molecule has 1 aromatic heterocycles. The molecule has 0 saturated heterocycles. The molecule has 0 aliphatic carbocycles. The van der Waals surface area contributed by atoms with Gasteiger partial charge in [-0.25, -0.2) is 0 Å². The van der Waals surface area contributed by atoms with Gasteiger partial charge in [-0.2, -0.15) is 0 Å². The lowest BCUT2D eigenvalue weighted by Gasteiger charge is -2.03. The SMILES string of the molecule is CB1OCc2ccc(CC(=O)c3ccno3)cc21. The van der Waals surface area contributed by atoms with Crippen LogP contribution in [0.2, 0.25) is 6.82 Å². The number of benzene rings is 1. The molecule has 0 amide bonds. The van der Waals surface area contributed by atoms with Crippen LogP contribution in [0.3, 0.4) is 0 Å². The summed E-state index contributed by atoms with van der Waals surface area (Å²) < 4.78 is 10.4. The molecule has 90 valence electrons. The van der Waals surface area contributed by atoms with Crippen molar-refractivity contribution in [2.24, 2.45) is 0 Å². The molecule has 0 radical (unpaired) electrons. The fourth-order valence-corrected chi connectivity index (χ4v) is 2.20. The van der Waals surface area contributed by atoms with E-state index in [0.29, 0.717) is 18.8 Å². The Morgan fingerprint density at radius 2 is 2.33 bits per heavy atom. The van der Waals surface area contributed by atoms with Gasteiger partial charge in [0.2, 0.25) is 11.5 Å².